The molecule has 1 fully saturated rings. The minimum atomic E-state index is -0.606. The summed E-state index contributed by atoms with van der Waals surface area (Å²) in [6.07, 6.45) is 2.61. The minimum Gasteiger partial charge on any atom is -0.294 e. The van der Waals surface area contributed by atoms with Crippen LogP contribution in [-0.4, -0.2) is 5.78 Å². The van der Waals surface area contributed by atoms with E-state index < -0.39 is 11.6 Å². The van der Waals surface area contributed by atoms with Gasteiger partial charge in [0.2, 0.25) is 0 Å². The number of carbonyl (C=O) groups is 1. The molecule has 0 unspecified atom stereocenters. The summed E-state index contributed by atoms with van der Waals surface area (Å²) in [6.45, 7) is 1.48. The van der Waals surface area contributed by atoms with Gasteiger partial charge in [-0.2, -0.15) is 0 Å². The van der Waals surface area contributed by atoms with Crippen LogP contribution in [0.5, 0.6) is 0 Å². The molecule has 0 N–H and O–H groups in total. The van der Waals surface area contributed by atoms with Crippen molar-refractivity contribution in [1.82, 2.24) is 0 Å². The molecule has 1 aromatic rings. The summed E-state index contributed by atoms with van der Waals surface area (Å²) in [6, 6.07) is 2.10. The van der Waals surface area contributed by atoms with Crippen molar-refractivity contribution in [2.45, 2.75) is 26.2 Å². The highest BCUT2D eigenvalue weighted by atomic mass is 19.1. The first-order chi connectivity index (χ1) is 7.09. The van der Waals surface area contributed by atoms with E-state index in [-0.39, 0.29) is 22.8 Å². The van der Waals surface area contributed by atoms with Crippen molar-refractivity contribution >= 4 is 5.78 Å². The van der Waals surface area contributed by atoms with Gasteiger partial charge in [0, 0.05) is 5.92 Å². The van der Waals surface area contributed by atoms with Crippen LogP contribution in [0.2, 0.25) is 0 Å². The molecule has 1 aliphatic carbocycles. The quantitative estimate of drug-likeness (QED) is 0.685. The van der Waals surface area contributed by atoms with Gasteiger partial charge in [-0.15, -0.1) is 0 Å². The second-order valence-corrected chi connectivity index (χ2v) is 4.07. The number of carbonyl (C=O) groups excluding carboxylic acids is 1. The van der Waals surface area contributed by atoms with Crippen LogP contribution in [-0.2, 0) is 0 Å². The number of aryl methyl sites for hydroxylation is 1. The topological polar surface area (TPSA) is 17.1 Å². The Morgan fingerprint density at radius 1 is 1.27 bits per heavy atom. The van der Waals surface area contributed by atoms with Crippen molar-refractivity contribution in [2.75, 3.05) is 0 Å². The number of halogens is 2. The molecular formula is C12H12F2O. The molecule has 1 nitrogen and oxygen atoms in total. The molecule has 0 aliphatic heterocycles. The van der Waals surface area contributed by atoms with Crippen LogP contribution in [0.25, 0.3) is 0 Å². The van der Waals surface area contributed by atoms with Gasteiger partial charge in [0.15, 0.2) is 5.78 Å². The molecule has 0 heterocycles. The van der Waals surface area contributed by atoms with E-state index in [1.54, 1.807) is 0 Å². The van der Waals surface area contributed by atoms with Gasteiger partial charge in [-0.1, -0.05) is 6.42 Å². The number of ketones is 1. The van der Waals surface area contributed by atoms with Gasteiger partial charge in [0.1, 0.15) is 11.6 Å². The highest BCUT2D eigenvalue weighted by Crippen LogP contribution is 2.31. The van der Waals surface area contributed by atoms with E-state index in [0.29, 0.717) is 0 Å². The monoisotopic (exact) mass is 210 g/mol. The molecule has 15 heavy (non-hydrogen) atoms. The minimum absolute atomic E-state index is 0.0946. The maximum absolute atomic E-state index is 13.4. The Labute approximate surface area is 87.1 Å². The predicted molar refractivity (Wildman–Crippen MR) is 52.8 cm³/mol. The van der Waals surface area contributed by atoms with Gasteiger partial charge in [0.25, 0.3) is 0 Å². The Balaban J connectivity index is 2.34. The van der Waals surface area contributed by atoms with Crippen molar-refractivity contribution in [3.8, 4) is 0 Å². The molecule has 0 aromatic heterocycles. The molecule has 0 amide bonds. The van der Waals surface area contributed by atoms with Crippen molar-refractivity contribution in [3.05, 3.63) is 34.9 Å². The fourth-order valence-electron chi connectivity index (χ4n) is 1.73. The Bertz CT molecular complexity index is 408. The molecule has 0 atom stereocenters. The van der Waals surface area contributed by atoms with E-state index in [0.717, 1.165) is 31.4 Å². The third-order valence-corrected chi connectivity index (χ3v) is 2.99. The molecule has 0 saturated heterocycles. The van der Waals surface area contributed by atoms with Crippen molar-refractivity contribution in [2.24, 2.45) is 5.92 Å². The zero-order chi connectivity index (χ0) is 11.0. The Morgan fingerprint density at radius 3 is 2.47 bits per heavy atom. The predicted octanol–water partition coefficient (Wildman–Crippen LogP) is 3.26. The smallest absolute Gasteiger partial charge is 0.168 e. The van der Waals surface area contributed by atoms with E-state index >= 15 is 0 Å². The maximum atomic E-state index is 13.4. The second-order valence-electron chi connectivity index (χ2n) is 4.07. The lowest BCUT2D eigenvalue weighted by Gasteiger charge is -2.24. The first-order valence-corrected chi connectivity index (χ1v) is 5.09. The molecule has 1 saturated carbocycles. The summed E-state index contributed by atoms with van der Waals surface area (Å²) in [5, 5.41) is 0. The number of benzene rings is 1. The fraction of sp³-hybridized carbons (Fsp3) is 0.417. The number of hydrogen-bond donors (Lipinski definition) is 0. The third kappa shape index (κ3) is 1.78. The van der Waals surface area contributed by atoms with Crippen LogP contribution in [0.15, 0.2) is 12.1 Å². The summed E-state index contributed by atoms with van der Waals surface area (Å²) in [5.41, 5.74) is 0.139. The normalized spacial score (nSPS) is 16.2. The van der Waals surface area contributed by atoms with Crippen molar-refractivity contribution < 1.29 is 13.6 Å². The van der Waals surface area contributed by atoms with E-state index in [2.05, 4.69) is 0 Å². The summed E-state index contributed by atoms with van der Waals surface area (Å²) in [4.78, 5) is 11.7. The van der Waals surface area contributed by atoms with Crippen LogP contribution in [0.1, 0.15) is 35.2 Å². The number of Topliss-reactive ketones (excluding diaryl/α,β-unsaturated/α-hetero) is 1. The molecule has 80 valence electrons. The van der Waals surface area contributed by atoms with Crippen LogP contribution < -0.4 is 0 Å². The zero-order valence-corrected chi connectivity index (χ0v) is 8.52. The van der Waals surface area contributed by atoms with Gasteiger partial charge >= 0.3 is 0 Å². The first kappa shape index (κ1) is 10.3. The molecular weight excluding hydrogens is 198 g/mol. The first-order valence-electron chi connectivity index (χ1n) is 5.09. The average Bonchev–Trinajstić information content (AvgIpc) is 2.08. The fourth-order valence-corrected chi connectivity index (χ4v) is 1.73. The summed E-state index contributed by atoms with van der Waals surface area (Å²) in [7, 11) is 0. The Kier molecular flexibility index (Phi) is 2.55. The van der Waals surface area contributed by atoms with Gasteiger partial charge in [0.05, 0.1) is 5.56 Å². The molecule has 1 aliphatic rings. The molecule has 0 radical (unpaired) electrons. The van der Waals surface area contributed by atoms with E-state index in [1.165, 1.54) is 6.92 Å². The lowest BCUT2D eigenvalue weighted by atomic mass is 9.80. The molecule has 1 aromatic carbocycles. The lowest BCUT2D eigenvalue weighted by molar-refractivity contribution is 0.0850. The second kappa shape index (κ2) is 3.72. The van der Waals surface area contributed by atoms with Gasteiger partial charge in [-0.05, 0) is 37.5 Å². The van der Waals surface area contributed by atoms with Crippen LogP contribution in [0.4, 0.5) is 8.78 Å². The summed E-state index contributed by atoms with van der Waals surface area (Å²) < 4.78 is 26.6. The van der Waals surface area contributed by atoms with Crippen molar-refractivity contribution in [1.29, 1.82) is 0 Å². The molecule has 0 spiro atoms. The van der Waals surface area contributed by atoms with Gasteiger partial charge < -0.3 is 0 Å². The SMILES string of the molecule is Cc1cc(F)c(C(=O)C2CCC2)cc1F. The maximum Gasteiger partial charge on any atom is 0.168 e. The highest BCUT2D eigenvalue weighted by molar-refractivity contribution is 5.98. The Hall–Kier alpha value is -1.25. The van der Waals surface area contributed by atoms with Crippen LogP contribution >= 0.6 is 0 Å². The lowest BCUT2D eigenvalue weighted by Crippen LogP contribution is -2.23. The summed E-state index contributed by atoms with van der Waals surface area (Å²) >= 11 is 0. The van der Waals surface area contributed by atoms with Crippen LogP contribution in [0, 0.1) is 24.5 Å². The van der Waals surface area contributed by atoms with E-state index in [1.807, 2.05) is 0 Å². The molecule has 0 bridgehead atoms. The van der Waals surface area contributed by atoms with Crippen molar-refractivity contribution in [3.63, 3.8) is 0 Å². The average molecular weight is 210 g/mol. The molecule has 2 rings (SSSR count). The Morgan fingerprint density at radius 2 is 1.93 bits per heavy atom. The third-order valence-electron chi connectivity index (χ3n) is 2.99. The van der Waals surface area contributed by atoms with Gasteiger partial charge in [-0.25, -0.2) is 8.78 Å². The van der Waals surface area contributed by atoms with E-state index in [4.69, 9.17) is 0 Å². The standard InChI is InChI=1S/C12H12F2O/c1-7-5-11(14)9(6-10(7)13)12(15)8-3-2-4-8/h5-6,8H,2-4H2,1H3. The van der Waals surface area contributed by atoms with E-state index in [9.17, 15) is 13.6 Å². The summed E-state index contributed by atoms with van der Waals surface area (Å²) in [5.74, 6) is -1.47. The van der Waals surface area contributed by atoms with Gasteiger partial charge in [-0.3, -0.25) is 4.79 Å². The molecule has 3 heteroatoms. The zero-order valence-electron chi connectivity index (χ0n) is 8.52. The number of rotatable bonds is 2. The number of hydrogen-bond acceptors (Lipinski definition) is 1. The highest BCUT2D eigenvalue weighted by Gasteiger charge is 2.28. The largest absolute Gasteiger partial charge is 0.294 e. The van der Waals surface area contributed by atoms with Crippen LogP contribution in [0.3, 0.4) is 0 Å².